The first-order chi connectivity index (χ1) is 20.4. The quantitative estimate of drug-likeness (QED) is 0.500. The standard InChI is InChI=1S/C34H48BN3O5/c1-30(2)31(3,4)43-35(42-30)23-7-8-26-27(17-23)38(25-18-24(19-25)37-14-6-9-33(20-37)10-11-33)29(40)34(26)12-15-36(16-13-34)28(39)32(5)21-41-22-32/h7-8,17,24-25H,6,9-16,18-22H2,1-5H3/t24-,25+. The number of likely N-dealkylation sites (tertiary alicyclic amines) is 2. The van der Waals surface area contributed by atoms with Gasteiger partial charge in [-0.1, -0.05) is 12.1 Å². The topological polar surface area (TPSA) is 71.6 Å². The Balaban J connectivity index is 1.07. The van der Waals surface area contributed by atoms with E-state index in [2.05, 4.69) is 55.7 Å². The second-order valence-electron chi connectivity index (χ2n) is 16.3. The van der Waals surface area contributed by atoms with Crippen LogP contribution >= 0.6 is 0 Å². The van der Waals surface area contributed by atoms with Crippen molar-refractivity contribution in [1.29, 1.82) is 0 Å². The third kappa shape index (κ3) is 4.24. The molecule has 0 bridgehead atoms. The molecule has 232 valence electrons. The Morgan fingerprint density at radius 3 is 2.16 bits per heavy atom. The molecule has 5 heterocycles. The molecule has 1 aromatic carbocycles. The zero-order chi connectivity index (χ0) is 30.0. The molecule has 0 atom stereocenters. The molecule has 7 aliphatic rings. The van der Waals surface area contributed by atoms with Crippen molar-refractivity contribution in [2.24, 2.45) is 10.8 Å². The number of fused-ring (bicyclic) bond motifs is 2. The lowest BCUT2D eigenvalue weighted by atomic mass is 9.71. The molecule has 43 heavy (non-hydrogen) atoms. The van der Waals surface area contributed by atoms with Crippen LogP contribution in [0.3, 0.4) is 0 Å². The Hall–Kier alpha value is -1.94. The van der Waals surface area contributed by atoms with Gasteiger partial charge in [-0.25, -0.2) is 0 Å². The van der Waals surface area contributed by atoms with Crippen LogP contribution in [0.1, 0.15) is 91.5 Å². The first kappa shape index (κ1) is 28.5. The lowest BCUT2D eigenvalue weighted by molar-refractivity contribution is -0.170. The van der Waals surface area contributed by atoms with E-state index in [0.29, 0.717) is 50.6 Å². The minimum absolute atomic E-state index is 0.170. The minimum Gasteiger partial charge on any atom is -0.399 e. The molecule has 2 amide bonds. The Morgan fingerprint density at radius 2 is 1.56 bits per heavy atom. The van der Waals surface area contributed by atoms with Gasteiger partial charge in [0, 0.05) is 37.4 Å². The predicted molar refractivity (Wildman–Crippen MR) is 165 cm³/mol. The van der Waals surface area contributed by atoms with Crippen molar-refractivity contribution >= 4 is 30.1 Å². The molecule has 0 unspecified atom stereocenters. The van der Waals surface area contributed by atoms with E-state index in [-0.39, 0.29) is 17.9 Å². The van der Waals surface area contributed by atoms with Crippen LogP contribution in [0.2, 0.25) is 0 Å². The largest absolute Gasteiger partial charge is 0.494 e. The summed E-state index contributed by atoms with van der Waals surface area (Å²) in [5.74, 6) is 0.406. The number of piperidine rings is 2. The van der Waals surface area contributed by atoms with Crippen LogP contribution in [-0.4, -0.2) is 91.4 Å². The Bertz CT molecular complexity index is 1320. The summed E-state index contributed by atoms with van der Waals surface area (Å²) in [5, 5.41) is 0. The van der Waals surface area contributed by atoms with Crippen LogP contribution < -0.4 is 10.4 Å². The summed E-state index contributed by atoms with van der Waals surface area (Å²) in [5.41, 5.74) is 1.90. The molecule has 6 fully saturated rings. The highest BCUT2D eigenvalue weighted by Gasteiger charge is 2.58. The van der Waals surface area contributed by atoms with E-state index in [4.69, 9.17) is 14.0 Å². The smallest absolute Gasteiger partial charge is 0.399 e. The minimum atomic E-state index is -0.578. The van der Waals surface area contributed by atoms with E-state index in [1.54, 1.807) is 0 Å². The highest BCUT2D eigenvalue weighted by molar-refractivity contribution is 6.62. The van der Waals surface area contributed by atoms with Gasteiger partial charge in [-0.15, -0.1) is 0 Å². The lowest BCUT2D eigenvalue weighted by Gasteiger charge is -2.49. The molecule has 5 aliphatic heterocycles. The summed E-state index contributed by atoms with van der Waals surface area (Å²) in [6.07, 6.45) is 8.92. The molecule has 4 saturated heterocycles. The number of ether oxygens (including phenoxy) is 1. The average Bonchev–Trinajstić information content (AvgIpc) is 3.58. The normalized spacial score (nSPS) is 33.0. The molecule has 2 saturated carbocycles. The van der Waals surface area contributed by atoms with E-state index >= 15 is 0 Å². The fourth-order valence-corrected chi connectivity index (χ4v) is 8.79. The highest BCUT2D eigenvalue weighted by atomic mass is 16.7. The predicted octanol–water partition coefficient (Wildman–Crippen LogP) is 3.64. The zero-order valence-electron chi connectivity index (χ0n) is 26.7. The van der Waals surface area contributed by atoms with Crippen molar-refractivity contribution in [2.45, 2.75) is 115 Å². The maximum atomic E-state index is 14.7. The summed E-state index contributed by atoms with van der Waals surface area (Å²) in [7, 11) is -0.467. The fraction of sp³-hybridized carbons (Fsp3) is 0.765. The molecule has 2 spiro atoms. The van der Waals surface area contributed by atoms with Gasteiger partial charge in [0.2, 0.25) is 11.8 Å². The second kappa shape index (κ2) is 9.30. The number of hydrogen-bond donors (Lipinski definition) is 0. The van der Waals surface area contributed by atoms with Crippen molar-refractivity contribution in [3.8, 4) is 0 Å². The number of amides is 2. The van der Waals surface area contributed by atoms with E-state index in [0.717, 1.165) is 29.6 Å². The number of benzene rings is 1. The van der Waals surface area contributed by atoms with Gasteiger partial charge >= 0.3 is 7.12 Å². The molecule has 9 heteroatoms. The number of carbonyl (C=O) groups is 2. The Labute approximate surface area is 256 Å². The summed E-state index contributed by atoms with van der Waals surface area (Å²) >= 11 is 0. The molecule has 0 aromatic heterocycles. The molecule has 2 aliphatic carbocycles. The first-order valence-corrected chi connectivity index (χ1v) is 16.8. The van der Waals surface area contributed by atoms with Crippen LogP contribution in [0.5, 0.6) is 0 Å². The van der Waals surface area contributed by atoms with Crippen LogP contribution in [-0.2, 0) is 29.0 Å². The van der Waals surface area contributed by atoms with Crippen LogP contribution in [0, 0.1) is 10.8 Å². The first-order valence-electron chi connectivity index (χ1n) is 16.8. The molecule has 0 radical (unpaired) electrons. The lowest BCUT2D eigenvalue weighted by Crippen LogP contribution is -2.60. The van der Waals surface area contributed by atoms with Crippen molar-refractivity contribution in [3.05, 3.63) is 23.8 Å². The number of nitrogens with zero attached hydrogens (tertiary/aromatic N) is 3. The maximum absolute atomic E-state index is 14.7. The molecule has 1 aromatic rings. The maximum Gasteiger partial charge on any atom is 0.494 e. The Kier molecular flexibility index (Phi) is 6.17. The third-order valence-electron chi connectivity index (χ3n) is 12.8. The van der Waals surface area contributed by atoms with Crippen LogP contribution in [0.15, 0.2) is 18.2 Å². The summed E-state index contributed by atoms with van der Waals surface area (Å²) in [4.78, 5) is 34.9. The van der Waals surface area contributed by atoms with Gasteiger partial charge in [0.05, 0.1) is 35.2 Å². The van der Waals surface area contributed by atoms with E-state index in [9.17, 15) is 9.59 Å². The Morgan fingerprint density at radius 1 is 0.884 bits per heavy atom. The molecular formula is C34H48BN3O5. The SMILES string of the molecule is CC1(C(=O)N2CCC3(CC2)C(=O)N([C@H]2C[C@@H](N4CCCC5(CC5)C4)C2)c2cc(B4OC(C)(C)C(C)(C)O4)ccc23)COC1. The molecule has 8 nitrogen and oxygen atoms in total. The average molecular weight is 590 g/mol. The molecular weight excluding hydrogens is 541 g/mol. The van der Waals surface area contributed by atoms with E-state index in [1.165, 1.54) is 38.8 Å². The van der Waals surface area contributed by atoms with Gasteiger partial charge in [0.1, 0.15) is 0 Å². The van der Waals surface area contributed by atoms with Crippen molar-refractivity contribution in [2.75, 3.05) is 44.3 Å². The molecule has 0 N–H and O–H groups in total. The van der Waals surface area contributed by atoms with Gasteiger partial charge in [-0.2, -0.15) is 0 Å². The number of carbonyl (C=O) groups excluding carboxylic acids is 2. The second-order valence-corrected chi connectivity index (χ2v) is 16.3. The van der Waals surface area contributed by atoms with Crippen molar-refractivity contribution < 1.29 is 23.6 Å². The third-order valence-corrected chi connectivity index (χ3v) is 12.8. The van der Waals surface area contributed by atoms with E-state index < -0.39 is 29.2 Å². The van der Waals surface area contributed by atoms with Gasteiger partial charge in [-0.3, -0.25) is 14.5 Å². The van der Waals surface area contributed by atoms with E-state index in [1.807, 2.05) is 11.8 Å². The summed E-state index contributed by atoms with van der Waals surface area (Å²) in [6, 6.07) is 7.25. The number of rotatable bonds is 4. The number of hydrogen-bond acceptors (Lipinski definition) is 6. The summed E-state index contributed by atoms with van der Waals surface area (Å²) in [6.45, 7) is 15.0. The highest BCUT2D eigenvalue weighted by Crippen LogP contribution is 2.55. The summed E-state index contributed by atoms with van der Waals surface area (Å²) < 4.78 is 18.2. The van der Waals surface area contributed by atoms with Gasteiger partial charge in [-0.05, 0) is 115 Å². The van der Waals surface area contributed by atoms with Gasteiger partial charge < -0.3 is 23.8 Å². The molecule has 8 rings (SSSR count). The monoisotopic (exact) mass is 589 g/mol. The zero-order valence-corrected chi connectivity index (χ0v) is 26.7. The fourth-order valence-electron chi connectivity index (χ4n) is 8.79. The van der Waals surface area contributed by atoms with Crippen molar-refractivity contribution in [3.63, 3.8) is 0 Å². The van der Waals surface area contributed by atoms with Crippen molar-refractivity contribution in [1.82, 2.24) is 9.80 Å². The van der Waals surface area contributed by atoms with Crippen LogP contribution in [0.4, 0.5) is 5.69 Å². The number of anilines is 1. The van der Waals surface area contributed by atoms with Gasteiger partial charge in [0.25, 0.3) is 0 Å². The van der Waals surface area contributed by atoms with Crippen LogP contribution in [0.25, 0.3) is 0 Å². The van der Waals surface area contributed by atoms with Gasteiger partial charge in [0.15, 0.2) is 0 Å².